The van der Waals surface area contributed by atoms with Crippen LogP contribution in [0.4, 0.5) is 18.9 Å². The van der Waals surface area contributed by atoms with Gasteiger partial charge in [0.2, 0.25) is 5.91 Å². The van der Waals surface area contributed by atoms with Crippen LogP contribution in [0.2, 0.25) is 0 Å². The molecule has 0 aliphatic carbocycles. The number of carbonyl (C=O) groups is 2. The number of rotatable bonds is 4. The Morgan fingerprint density at radius 1 is 0.929 bits per heavy atom. The molecule has 0 aliphatic rings. The molecule has 0 unspecified atom stereocenters. The van der Waals surface area contributed by atoms with Crippen LogP contribution in [-0.4, -0.2) is 30.3 Å². The molecule has 0 fully saturated rings. The average Bonchev–Trinajstić information content (AvgIpc) is 2.66. The van der Waals surface area contributed by atoms with E-state index in [4.69, 9.17) is 0 Å². The molecule has 0 heterocycles. The molecule has 0 radical (unpaired) electrons. The smallest absolute Gasteiger partial charge is 0.332 e. The van der Waals surface area contributed by atoms with Gasteiger partial charge in [0.1, 0.15) is 0 Å². The van der Waals surface area contributed by atoms with Crippen molar-refractivity contribution in [2.24, 2.45) is 0 Å². The first-order valence-corrected chi connectivity index (χ1v) is 8.46. The predicted molar refractivity (Wildman–Crippen MR) is 101 cm³/mol. The van der Waals surface area contributed by atoms with Crippen molar-refractivity contribution >= 4 is 28.3 Å². The van der Waals surface area contributed by atoms with E-state index in [0.29, 0.717) is 5.56 Å². The number of hydrogen-bond donors (Lipinski definition) is 1. The van der Waals surface area contributed by atoms with E-state index in [1.165, 1.54) is 25.2 Å². The number of nitrogens with zero attached hydrogens (tertiary/aromatic N) is 1. The van der Waals surface area contributed by atoms with Crippen LogP contribution in [0.25, 0.3) is 10.8 Å². The van der Waals surface area contributed by atoms with Gasteiger partial charge in [0.15, 0.2) is 0 Å². The number of amides is 2. The highest BCUT2D eigenvalue weighted by Crippen LogP contribution is 2.34. The summed E-state index contributed by atoms with van der Waals surface area (Å²) >= 11 is 0. The van der Waals surface area contributed by atoms with E-state index >= 15 is 0 Å². The highest BCUT2D eigenvalue weighted by molar-refractivity contribution is 6.01. The number of anilines is 1. The molecule has 0 atom stereocenters. The van der Waals surface area contributed by atoms with E-state index < -0.39 is 23.6 Å². The average molecular weight is 386 g/mol. The zero-order valence-electron chi connectivity index (χ0n) is 15.0. The largest absolute Gasteiger partial charge is 0.418 e. The number of para-hydroxylation sites is 1. The zero-order valence-corrected chi connectivity index (χ0v) is 15.0. The standard InChI is InChI=1S/C21H17F3N2O2/c1-26(20(28)16-11-10-14-6-2-3-7-15(14)12-16)13-19(27)25-18-9-5-4-8-17(18)21(22,23)24/h2-12H,13H2,1H3,(H,25,27). The molecule has 2 amide bonds. The van der Waals surface area contributed by atoms with E-state index in [-0.39, 0.29) is 12.2 Å². The van der Waals surface area contributed by atoms with Gasteiger partial charge in [0, 0.05) is 12.6 Å². The quantitative estimate of drug-likeness (QED) is 0.714. The third kappa shape index (κ3) is 4.31. The first kappa shape index (κ1) is 19.4. The van der Waals surface area contributed by atoms with Gasteiger partial charge in [0.25, 0.3) is 5.91 Å². The number of likely N-dealkylation sites (N-methyl/N-ethyl adjacent to an activating group) is 1. The second-order valence-electron chi connectivity index (χ2n) is 6.31. The molecule has 28 heavy (non-hydrogen) atoms. The number of nitrogens with one attached hydrogen (secondary N) is 1. The Hall–Kier alpha value is -3.35. The molecule has 144 valence electrons. The van der Waals surface area contributed by atoms with Crippen LogP contribution in [-0.2, 0) is 11.0 Å². The van der Waals surface area contributed by atoms with Crippen molar-refractivity contribution in [2.45, 2.75) is 6.18 Å². The normalized spacial score (nSPS) is 11.3. The number of alkyl halides is 3. The van der Waals surface area contributed by atoms with Crippen molar-refractivity contribution in [2.75, 3.05) is 18.9 Å². The van der Waals surface area contributed by atoms with Gasteiger partial charge < -0.3 is 10.2 Å². The van der Waals surface area contributed by atoms with Gasteiger partial charge in [0.05, 0.1) is 17.8 Å². The van der Waals surface area contributed by atoms with Crippen LogP contribution in [0.1, 0.15) is 15.9 Å². The van der Waals surface area contributed by atoms with Crippen LogP contribution < -0.4 is 5.32 Å². The topological polar surface area (TPSA) is 49.4 Å². The minimum Gasteiger partial charge on any atom is -0.332 e. The fourth-order valence-corrected chi connectivity index (χ4v) is 2.86. The summed E-state index contributed by atoms with van der Waals surface area (Å²) in [5, 5.41) is 4.09. The number of carbonyl (C=O) groups excluding carboxylic acids is 2. The maximum atomic E-state index is 13.0. The van der Waals surface area contributed by atoms with Crippen LogP contribution in [0.3, 0.4) is 0 Å². The van der Waals surface area contributed by atoms with Crippen molar-refractivity contribution in [1.82, 2.24) is 4.90 Å². The third-order valence-electron chi connectivity index (χ3n) is 4.23. The van der Waals surface area contributed by atoms with E-state index in [0.717, 1.165) is 21.7 Å². The number of halogens is 3. The molecule has 0 saturated heterocycles. The minimum atomic E-state index is -4.59. The lowest BCUT2D eigenvalue weighted by Gasteiger charge is -2.18. The van der Waals surface area contributed by atoms with Crippen LogP contribution in [0.15, 0.2) is 66.7 Å². The van der Waals surface area contributed by atoms with Crippen LogP contribution in [0, 0.1) is 0 Å². The van der Waals surface area contributed by atoms with Gasteiger partial charge in [-0.15, -0.1) is 0 Å². The summed E-state index contributed by atoms with van der Waals surface area (Å²) in [6.45, 7) is -0.377. The summed E-state index contributed by atoms with van der Waals surface area (Å²) in [4.78, 5) is 25.9. The van der Waals surface area contributed by atoms with Gasteiger partial charge in [-0.05, 0) is 35.0 Å². The summed E-state index contributed by atoms with van der Waals surface area (Å²) in [6, 6.07) is 17.4. The Labute approximate surface area is 159 Å². The summed E-state index contributed by atoms with van der Waals surface area (Å²) in [7, 11) is 1.42. The van der Waals surface area contributed by atoms with E-state index in [2.05, 4.69) is 5.32 Å². The molecule has 1 N–H and O–H groups in total. The van der Waals surface area contributed by atoms with Gasteiger partial charge in [-0.2, -0.15) is 13.2 Å². The highest BCUT2D eigenvalue weighted by Gasteiger charge is 2.33. The molecule has 3 rings (SSSR count). The maximum Gasteiger partial charge on any atom is 0.418 e. The van der Waals surface area contributed by atoms with Crippen molar-refractivity contribution in [3.05, 3.63) is 77.9 Å². The lowest BCUT2D eigenvalue weighted by Crippen LogP contribution is -2.35. The van der Waals surface area contributed by atoms with Crippen molar-refractivity contribution in [3.8, 4) is 0 Å². The van der Waals surface area contributed by atoms with Gasteiger partial charge >= 0.3 is 6.18 Å². The monoisotopic (exact) mass is 386 g/mol. The summed E-state index contributed by atoms with van der Waals surface area (Å²) < 4.78 is 39.1. The summed E-state index contributed by atoms with van der Waals surface area (Å²) in [6.07, 6.45) is -4.59. The second-order valence-corrected chi connectivity index (χ2v) is 6.31. The molecule has 0 spiro atoms. The number of benzene rings is 3. The Morgan fingerprint density at radius 3 is 2.29 bits per heavy atom. The first-order chi connectivity index (χ1) is 13.3. The van der Waals surface area contributed by atoms with Gasteiger partial charge in [-0.25, -0.2) is 0 Å². The molecule has 4 nitrogen and oxygen atoms in total. The molecule has 7 heteroatoms. The van der Waals surface area contributed by atoms with Crippen molar-refractivity contribution in [3.63, 3.8) is 0 Å². The fraction of sp³-hybridized carbons (Fsp3) is 0.143. The SMILES string of the molecule is CN(CC(=O)Nc1ccccc1C(F)(F)F)C(=O)c1ccc2ccccc2c1. The summed E-state index contributed by atoms with van der Waals surface area (Å²) in [5.41, 5.74) is -0.886. The molecule has 0 aliphatic heterocycles. The lowest BCUT2D eigenvalue weighted by molar-refractivity contribution is -0.137. The fourth-order valence-electron chi connectivity index (χ4n) is 2.86. The highest BCUT2D eigenvalue weighted by atomic mass is 19.4. The minimum absolute atomic E-state index is 0.341. The van der Waals surface area contributed by atoms with Crippen LogP contribution >= 0.6 is 0 Å². The molecular weight excluding hydrogens is 369 g/mol. The molecular formula is C21H17F3N2O2. The Balaban J connectivity index is 1.71. The number of fused-ring (bicyclic) bond motifs is 1. The maximum absolute atomic E-state index is 13.0. The van der Waals surface area contributed by atoms with Gasteiger partial charge in [-0.1, -0.05) is 42.5 Å². The Kier molecular flexibility index (Phi) is 5.35. The van der Waals surface area contributed by atoms with E-state index in [1.54, 1.807) is 18.2 Å². The van der Waals surface area contributed by atoms with E-state index in [9.17, 15) is 22.8 Å². The second kappa shape index (κ2) is 7.72. The Morgan fingerprint density at radius 2 is 1.57 bits per heavy atom. The Bertz CT molecular complexity index is 1030. The molecule has 3 aromatic rings. The van der Waals surface area contributed by atoms with E-state index in [1.807, 2.05) is 24.3 Å². The molecule has 3 aromatic carbocycles. The number of hydrogen-bond acceptors (Lipinski definition) is 2. The predicted octanol–water partition coefficient (Wildman–Crippen LogP) is 4.57. The van der Waals surface area contributed by atoms with Crippen molar-refractivity contribution < 1.29 is 22.8 Å². The lowest BCUT2D eigenvalue weighted by atomic mass is 10.1. The van der Waals surface area contributed by atoms with Crippen molar-refractivity contribution in [1.29, 1.82) is 0 Å². The summed E-state index contributed by atoms with van der Waals surface area (Å²) in [5.74, 6) is -1.11. The molecule has 0 saturated carbocycles. The zero-order chi connectivity index (χ0) is 20.3. The first-order valence-electron chi connectivity index (χ1n) is 8.46. The molecule has 0 bridgehead atoms. The van der Waals surface area contributed by atoms with Crippen LogP contribution in [0.5, 0.6) is 0 Å². The third-order valence-corrected chi connectivity index (χ3v) is 4.23. The van der Waals surface area contributed by atoms with Gasteiger partial charge in [-0.3, -0.25) is 9.59 Å². The molecule has 0 aromatic heterocycles.